The lowest BCUT2D eigenvalue weighted by atomic mass is 10.1. The van der Waals surface area contributed by atoms with E-state index in [1.165, 1.54) is 12.1 Å². The number of aryl methyl sites for hydroxylation is 1. The monoisotopic (exact) mass is 654 g/mol. The van der Waals surface area contributed by atoms with Crippen LogP contribution in [0.1, 0.15) is 31.5 Å². The van der Waals surface area contributed by atoms with Crippen LogP contribution >= 0.6 is 0 Å². The van der Waals surface area contributed by atoms with Crippen molar-refractivity contribution in [2.24, 2.45) is 11.2 Å². The lowest BCUT2D eigenvalue weighted by Gasteiger charge is -2.13. The average Bonchev–Trinajstić information content (AvgIpc) is 3.64. The van der Waals surface area contributed by atoms with Crippen molar-refractivity contribution >= 4 is 22.1 Å². The molecule has 3 aromatic rings. The molecule has 4 rings (SSSR count). The van der Waals surface area contributed by atoms with E-state index in [1.807, 2.05) is 11.6 Å². The van der Waals surface area contributed by atoms with E-state index in [2.05, 4.69) is 20.0 Å². The summed E-state index contributed by atoms with van der Waals surface area (Å²) in [6.07, 6.45) is -6.03. The Hall–Kier alpha value is -4.87. The molecular formula is C27H29F3N6O8S. The molecule has 1 amide bonds. The van der Waals surface area contributed by atoms with Gasteiger partial charge in [-0.3, -0.25) is 4.79 Å². The highest BCUT2D eigenvalue weighted by Crippen LogP contribution is 2.33. The van der Waals surface area contributed by atoms with E-state index < -0.39 is 52.8 Å². The predicted octanol–water partition coefficient (Wildman–Crippen LogP) is 4.32. The van der Waals surface area contributed by atoms with Crippen LogP contribution in [0.5, 0.6) is 0 Å². The Labute approximate surface area is 255 Å². The van der Waals surface area contributed by atoms with Crippen molar-refractivity contribution < 1.29 is 50.5 Å². The largest absolute Gasteiger partial charge is 0.569 e. The molecule has 1 atom stereocenters. The summed E-state index contributed by atoms with van der Waals surface area (Å²) in [5.41, 5.74) is 0.547. The molecule has 1 aliphatic rings. The minimum absolute atomic E-state index is 0.0436. The number of ether oxygens (including phenoxy) is 2. The Morgan fingerprint density at radius 2 is 1.82 bits per heavy atom. The second-order valence-electron chi connectivity index (χ2n) is 10.2. The standard InChI is InChI=1S/C27H29F3N6O8S/c1-17(2)44-26(38)42-16-43-33-36(39)34-13-12-20(15-34)25(37)32-45(40,41)22-10-8-21(9-11-22)35-23(14-24(31-35)27(28,29)30)19-6-4-18(3)5-7-19/h4-11,14,17,20H,12-13,15-16H2,1-3H3,(H,32,37)/b36-33-. The van der Waals surface area contributed by atoms with Gasteiger partial charge < -0.3 is 19.5 Å². The van der Waals surface area contributed by atoms with Crippen molar-refractivity contribution in [1.82, 2.24) is 19.5 Å². The molecule has 1 saturated heterocycles. The van der Waals surface area contributed by atoms with Crippen LogP contribution in [0.2, 0.25) is 0 Å². The summed E-state index contributed by atoms with van der Waals surface area (Å²) in [6, 6.07) is 12.5. The van der Waals surface area contributed by atoms with Crippen molar-refractivity contribution in [3.8, 4) is 16.9 Å². The van der Waals surface area contributed by atoms with E-state index in [4.69, 9.17) is 4.74 Å². The van der Waals surface area contributed by atoms with Crippen molar-refractivity contribution in [2.45, 2.75) is 44.4 Å². The third-order valence-corrected chi connectivity index (χ3v) is 7.80. The number of halogens is 3. The summed E-state index contributed by atoms with van der Waals surface area (Å²) in [5.74, 6) is -1.77. The maximum absolute atomic E-state index is 13.5. The van der Waals surface area contributed by atoms with Crippen molar-refractivity contribution in [3.63, 3.8) is 0 Å². The first-order valence-corrected chi connectivity index (χ1v) is 14.9. The smallest absolute Gasteiger partial charge is 0.511 e. The van der Waals surface area contributed by atoms with Crippen LogP contribution < -0.4 is 4.72 Å². The number of benzene rings is 2. The van der Waals surface area contributed by atoms with Gasteiger partial charge in [-0.15, -0.1) is 5.01 Å². The number of rotatable bonds is 10. The molecular weight excluding hydrogens is 625 g/mol. The molecule has 1 aromatic heterocycles. The lowest BCUT2D eigenvalue weighted by Crippen LogP contribution is -2.37. The number of carbonyl (C=O) groups is 2. The molecule has 2 aromatic carbocycles. The highest BCUT2D eigenvalue weighted by molar-refractivity contribution is 7.90. The average molecular weight is 655 g/mol. The highest BCUT2D eigenvalue weighted by atomic mass is 32.2. The Balaban J connectivity index is 1.40. The first-order chi connectivity index (χ1) is 21.1. The molecule has 0 aliphatic carbocycles. The number of hydrazine groups is 1. The number of alkyl halides is 3. The van der Waals surface area contributed by atoms with Gasteiger partial charge in [-0.1, -0.05) is 29.8 Å². The molecule has 0 saturated carbocycles. The minimum Gasteiger partial charge on any atom is -0.569 e. The maximum atomic E-state index is 13.5. The minimum atomic E-state index is -4.71. The van der Waals surface area contributed by atoms with Gasteiger partial charge in [-0.25, -0.2) is 22.6 Å². The molecule has 0 radical (unpaired) electrons. The van der Waals surface area contributed by atoms with Gasteiger partial charge in [-0.2, -0.15) is 18.3 Å². The number of nitrogens with one attached hydrogen (secondary N) is 1. The molecule has 1 aliphatic heterocycles. The number of sulfonamides is 1. The summed E-state index contributed by atoms with van der Waals surface area (Å²) in [4.78, 5) is 28.4. The van der Waals surface area contributed by atoms with Crippen LogP contribution in [-0.2, 0) is 35.3 Å². The van der Waals surface area contributed by atoms with Crippen molar-refractivity contribution in [1.29, 1.82) is 0 Å². The second-order valence-corrected chi connectivity index (χ2v) is 11.9. The van der Waals surface area contributed by atoms with E-state index >= 15 is 0 Å². The number of carbonyl (C=O) groups excluding carboxylic acids is 2. The molecule has 45 heavy (non-hydrogen) atoms. The van der Waals surface area contributed by atoms with E-state index in [0.717, 1.165) is 33.5 Å². The zero-order chi connectivity index (χ0) is 32.9. The molecule has 0 spiro atoms. The normalized spacial score (nSPS) is 15.7. The maximum Gasteiger partial charge on any atom is 0.511 e. The highest BCUT2D eigenvalue weighted by Gasteiger charge is 2.36. The van der Waals surface area contributed by atoms with E-state index in [9.17, 15) is 36.4 Å². The summed E-state index contributed by atoms with van der Waals surface area (Å²) in [5, 5.41) is 20.1. The molecule has 1 unspecified atom stereocenters. The second kappa shape index (κ2) is 13.4. The van der Waals surface area contributed by atoms with Gasteiger partial charge in [0.15, 0.2) is 5.69 Å². The Bertz CT molecular complexity index is 1660. The third kappa shape index (κ3) is 8.40. The van der Waals surface area contributed by atoms with Gasteiger partial charge in [0.1, 0.15) is 0 Å². The van der Waals surface area contributed by atoms with Gasteiger partial charge in [0.2, 0.25) is 11.2 Å². The molecule has 242 valence electrons. The lowest BCUT2D eigenvalue weighted by molar-refractivity contribution is -0.708. The summed E-state index contributed by atoms with van der Waals surface area (Å²) >= 11 is 0. The summed E-state index contributed by atoms with van der Waals surface area (Å²) in [6.45, 7) is 4.21. The van der Waals surface area contributed by atoms with Crippen LogP contribution in [0.25, 0.3) is 16.9 Å². The molecule has 14 nitrogen and oxygen atoms in total. The van der Waals surface area contributed by atoms with Crippen molar-refractivity contribution in [3.05, 3.63) is 71.1 Å². The predicted molar refractivity (Wildman–Crippen MR) is 148 cm³/mol. The fraction of sp³-hybridized carbons (Fsp3) is 0.370. The van der Waals surface area contributed by atoms with Crippen molar-refractivity contribution in [2.75, 3.05) is 19.9 Å². The Morgan fingerprint density at radius 1 is 1.16 bits per heavy atom. The zero-order valence-corrected chi connectivity index (χ0v) is 25.0. The third-order valence-electron chi connectivity index (χ3n) is 6.44. The quantitative estimate of drug-likeness (QED) is 0.0830. The topological polar surface area (TPSA) is 167 Å². The number of aromatic nitrogens is 2. The van der Waals surface area contributed by atoms with Gasteiger partial charge >= 0.3 is 12.3 Å². The fourth-order valence-corrected chi connectivity index (χ4v) is 5.27. The van der Waals surface area contributed by atoms with Gasteiger partial charge in [0.25, 0.3) is 16.8 Å². The molecule has 18 heteroatoms. The van der Waals surface area contributed by atoms with Gasteiger partial charge in [-0.05, 0) is 57.5 Å². The SMILES string of the molecule is Cc1ccc(-c2cc(C(F)(F)F)nn2-c2ccc(S(=O)(=O)NC(=O)C3CCN(/[N+]([O-])=N/OCOC(=O)OC(C)C)C3)cc2)cc1. The fourth-order valence-electron chi connectivity index (χ4n) is 4.22. The first-order valence-electron chi connectivity index (χ1n) is 13.4. The van der Waals surface area contributed by atoms with E-state index in [-0.39, 0.29) is 40.8 Å². The molecule has 0 bridgehead atoms. The number of hydrogen-bond acceptors (Lipinski definition) is 10. The number of nitrogens with zero attached hydrogens (tertiary/aromatic N) is 5. The van der Waals surface area contributed by atoms with Gasteiger partial charge in [0, 0.05) is 5.56 Å². The van der Waals surface area contributed by atoms with Crippen LogP contribution in [0.4, 0.5) is 18.0 Å². The Morgan fingerprint density at radius 3 is 2.44 bits per heavy atom. The first kappa shape index (κ1) is 33.0. The van der Waals surface area contributed by atoms with Crippen LogP contribution in [-0.4, -0.2) is 66.2 Å². The molecule has 1 fully saturated rings. The van der Waals surface area contributed by atoms with Crippen LogP contribution in [0.15, 0.2) is 64.8 Å². The summed E-state index contributed by atoms with van der Waals surface area (Å²) < 4.78 is 78.6. The molecule has 2 heterocycles. The number of hydrogen-bond donors (Lipinski definition) is 1. The van der Waals surface area contributed by atoms with Crippen LogP contribution in [0.3, 0.4) is 0 Å². The number of amides is 1. The van der Waals surface area contributed by atoms with E-state index in [0.29, 0.717) is 5.56 Å². The van der Waals surface area contributed by atoms with Gasteiger partial charge in [0.05, 0.1) is 46.4 Å². The summed E-state index contributed by atoms with van der Waals surface area (Å²) in [7, 11) is -4.38. The van der Waals surface area contributed by atoms with Crippen LogP contribution in [0, 0.1) is 18.0 Å². The Kier molecular flexibility index (Phi) is 9.84. The molecule has 1 N–H and O–H groups in total. The zero-order valence-electron chi connectivity index (χ0n) is 24.2. The van der Waals surface area contributed by atoms with E-state index in [1.54, 1.807) is 38.1 Å².